The summed E-state index contributed by atoms with van der Waals surface area (Å²) in [6, 6.07) is 8.29. The Morgan fingerprint density at radius 1 is 1.18 bits per heavy atom. The van der Waals surface area contributed by atoms with E-state index in [0.29, 0.717) is 53.9 Å². The fourth-order valence-electron chi connectivity index (χ4n) is 7.16. The molecule has 0 saturated heterocycles. The van der Waals surface area contributed by atoms with Crippen molar-refractivity contribution in [2.45, 2.75) is 58.0 Å². The smallest absolute Gasteiger partial charge is 0.465 e. The van der Waals surface area contributed by atoms with Gasteiger partial charge in [-0.15, -0.1) is 13.2 Å². The number of carbonyl (C=O) groups is 1. The largest absolute Gasteiger partial charge is 0.573 e. The Morgan fingerprint density at radius 2 is 1.93 bits per heavy atom. The number of aromatic nitrogens is 2. The van der Waals surface area contributed by atoms with Crippen molar-refractivity contribution in [2.75, 3.05) is 30.3 Å². The lowest BCUT2D eigenvalue weighted by Crippen LogP contribution is -2.60. The van der Waals surface area contributed by atoms with Crippen LogP contribution in [0.15, 0.2) is 30.5 Å². The maximum absolute atomic E-state index is 12.8. The summed E-state index contributed by atoms with van der Waals surface area (Å²) in [5.41, 5.74) is 0.671. The molecule has 0 spiro atoms. The number of nitriles is 1. The lowest BCUT2D eigenvalue weighted by Gasteiger charge is -2.60. The summed E-state index contributed by atoms with van der Waals surface area (Å²) >= 11 is 0. The zero-order valence-electron chi connectivity index (χ0n) is 22.3. The molecule has 6 rings (SSSR count). The van der Waals surface area contributed by atoms with Crippen molar-refractivity contribution in [2.24, 2.45) is 23.2 Å². The first-order valence-electron chi connectivity index (χ1n) is 13.6. The molecule has 2 aromatic rings. The number of nitrogens with one attached hydrogen (secondary N) is 3. The maximum Gasteiger partial charge on any atom is 0.573 e. The second-order valence-corrected chi connectivity index (χ2v) is 11.1. The minimum atomic E-state index is -4.80. The Morgan fingerprint density at radius 3 is 2.62 bits per heavy atom. The summed E-state index contributed by atoms with van der Waals surface area (Å²) in [6.07, 6.45) is 2.10. The minimum absolute atomic E-state index is 0.00670. The number of halogens is 3. The molecular formula is C28H33F3N6O3. The molecule has 1 aromatic heterocycles. The molecule has 4 aliphatic rings. The van der Waals surface area contributed by atoms with E-state index in [-0.39, 0.29) is 36.2 Å². The fraction of sp³-hybridized carbons (Fsp3) is 0.571. The molecule has 3 N–H and O–H groups in total. The van der Waals surface area contributed by atoms with Crippen LogP contribution in [0.4, 0.5) is 24.9 Å². The van der Waals surface area contributed by atoms with Gasteiger partial charge in [-0.1, -0.05) is 18.2 Å². The molecule has 214 valence electrons. The summed E-state index contributed by atoms with van der Waals surface area (Å²) in [7, 11) is 0. The highest BCUT2D eigenvalue weighted by molar-refractivity contribution is 5.71. The highest BCUT2D eigenvalue weighted by atomic mass is 19.4. The number of hydrogen-bond acceptors (Lipinski definition) is 9. The molecule has 4 fully saturated rings. The zero-order valence-corrected chi connectivity index (χ0v) is 22.3. The van der Waals surface area contributed by atoms with Gasteiger partial charge in [0, 0.05) is 24.7 Å². The number of para-hydroxylation sites is 1. The number of rotatable bonds is 11. The lowest BCUT2D eigenvalue weighted by molar-refractivity contribution is -0.274. The number of ether oxygens (including phenoxy) is 2. The Labute approximate surface area is 230 Å². The Hall–Kier alpha value is -3.59. The molecule has 4 bridgehead atoms. The van der Waals surface area contributed by atoms with E-state index < -0.39 is 6.36 Å². The second-order valence-electron chi connectivity index (χ2n) is 11.1. The van der Waals surface area contributed by atoms with E-state index in [2.05, 4.69) is 36.7 Å². The quantitative estimate of drug-likeness (QED) is 0.339. The van der Waals surface area contributed by atoms with E-state index in [1.165, 1.54) is 24.4 Å². The van der Waals surface area contributed by atoms with Gasteiger partial charge >= 0.3 is 12.3 Å². The predicted molar refractivity (Wildman–Crippen MR) is 140 cm³/mol. The second kappa shape index (κ2) is 11.5. The van der Waals surface area contributed by atoms with Gasteiger partial charge in [-0.3, -0.25) is 4.79 Å². The monoisotopic (exact) mass is 558 g/mol. The Bertz CT molecular complexity index is 1250. The van der Waals surface area contributed by atoms with Crippen LogP contribution < -0.4 is 20.7 Å². The van der Waals surface area contributed by atoms with Crippen molar-refractivity contribution in [1.29, 1.82) is 5.26 Å². The average molecular weight is 559 g/mol. The summed E-state index contributed by atoms with van der Waals surface area (Å²) in [6.45, 7) is 3.08. The first-order chi connectivity index (χ1) is 19.2. The fourth-order valence-corrected chi connectivity index (χ4v) is 7.16. The number of nitrogens with zero attached hydrogens (tertiary/aromatic N) is 3. The number of benzene rings is 1. The number of carbonyl (C=O) groups excluding carboxylic acids is 1. The SMILES string of the molecule is CCOC(=O)CNC1[C@@H]2CC3C[C@H]1CC(CNc1nc(NCc4ccccc4OC(F)(F)F)ncc1C#N)(C3)C2. The lowest BCUT2D eigenvalue weighted by atomic mass is 9.48. The van der Waals surface area contributed by atoms with E-state index in [9.17, 15) is 23.2 Å². The van der Waals surface area contributed by atoms with Crippen molar-refractivity contribution < 1.29 is 27.4 Å². The van der Waals surface area contributed by atoms with Gasteiger partial charge in [-0.05, 0) is 68.3 Å². The molecule has 0 amide bonds. The molecule has 9 nitrogen and oxygen atoms in total. The zero-order chi connectivity index (χ0) is 28.3. The molecule has 3 unspecified atom stereocenters. The summed E-state index contributed by atoms with van der Waals surface area (Å²) in [5.74, 6) is 1.69. The van der Waals surface area contributed by atoms with E-state index in [4.69, 9.17) is 4.74 Å². The van der Waals surface area contributed by atoms with Crippen molar-refractivity contribution >= 4 is 17.7 Å². The number of alkyl halides is 3. The molecular weight excluding hydrogens is 525 g/mol. The third-order valence-electron chi connectivity index (χ3n) is 8.36. The van der Waals surface area contributed by atoms with Gasteiger partial charge in [0.05, 0.1) is 19.3 Å². The van der Waals surface area contributed by atoms with Crippen molar-refractivity contribution in [1.82, 2.24) is 15.3 Å². The molecule has 0 radical (unpaired) electrons. The highest BCUT2D eigenvalue weighted by Gasteiger charge is 2.55. The van der Waals surface area contributed by atoms with Crippen molar-refractivity contribution in [3.63, 3.8) is 0 Å². The van der Waals surface area contributed by atoms with Gasteiger partial charge in [-0.2, -0.15) is 10.2 Å². The third-order valence-corrected chi connectivity index (χ3v) is 8.36. The normalized spacial score (nSPS) is 26.7. The van der Waals surface area contributed by atoms with E-state index in [0.717, 1.165) is 32.1 Å². The maximum atomic E-state index is 12.8. The van der Waals surface area contributed by atoms with Gasteiger partial charge in [0.2, 0.25) is 5.95 Å². The predicted octanol–water partition coefficient (Wildman–Crippen LogP) is 4.62. The first-order valence-corrected chi connectivity index (χ1v) is 13.6. The molecule has 40 heavy (non-hydrogen) atoms. The van der Waals surface area contributed by atoms with Crippen LogP contribution in [0.3, 0.4) is 0 Å². The molecule has 1 heterocycles. The number of anilines is 2. The summed E-state index contributed by atoms with van der Waals surface area (Å²) in [4.78, 5) is 20.5. The van der Waals surface area contributed by atoms with Crippen LogP contribution in [-0.4, -0.2) is 48.0 Å². The van der Waals surface area contributed by atoms with Gasteiger partial charge in [0.1, 0.15) is 23.2 Å². The van der Waals surface area contributed by atoms with Crippen LogP contribution in [0.1, 0.15) is 50.2 Å². The molecule has 12 heteroatoms. The topological polar surface area (TPSA) is 121 Å². The Balaban J connectivity index is 1.23. The van der Waals surface area contributed by atoms with Crippen molar-refractivity contribution in [3.8, 4) is 11.8 Å². The third kappa shape index (κ3) is 6.41. The van der Waals surface area contributed by atoms with Gasteiger partial charge in [-0.25, -0.2) is 4.98 Å². The summed E-state index contributed by atoms with van der Waals surface area (Å²) in [5, 5.41) is 19.5. The number of esters is 1. The van der Waals surface area contributed by atoms with E-state index in [1.54, 1.807) is 13.0 Å². The van der Waals surface area contributed by atoms with E-state index >= 15 is 0 Å². The number of hydrogen-bond donors (Lipinski definition) is 3. The molecule has 1 aromatic carbocycles. The van der Waals surface area contributed by atoms with Gasteiger partial charge in [0.15, 0.2) is 0 Å². The van der Waals surface area contributed by atoms with Crippen LogP contribution in [0.2, 0.25) is 0 Å². The minimum Gasteiger partial charge on any atom is -0.465 e. The highest BCUT2D eigenvalue weighted by Crippen LogP contribution is 2.60. The van der Waals surface area contributed by atoms with Crippen LogP contribution in [0.5, 0.6) is 5.75 Å². The van der Waals surface area contributed by atoms with E-state index in [1.807, 2.05) is 0 Å². The molecule has 4 aliphatic carbocycles. The van der Waals surface area contributed by atoms with Crippen LogP contribution >= 0.6 is 0 Å². The molecule has 0 aliphatic heterocycles. The van der Waals surface area contributed by atoms with Crippen LogP contribution in [0.25, 0.3) is 0 Å². The van der Waals surface area contributed by atoms with Gasteiger partial charge in [0.25, 0.3) is 0 Å². The molecule has 5 atom stereocenters. The summed E-state index contributed by atoms with van der Waals surface area (Å²) < 4.78 is 47.5. The average Bonchev–Trinajstić information content (AvgIpc) is 2.90. The first kappa shape index (κ1) is 28.0. The van der Waals surface area contributed by atoms with Gasteiger partial charge < -0.3 is 25.4 Å². The molecule has 4 saturated carbocycles. The standard InChI is InChI=1S/C28H33F3N6O3/c1-2-39-23(38)15-33-24-19-7-17-8-20(24)11-27(9-17,10-19)16-36-25-21(12-32)14-35-26(37-25)34-13-18-5-3-4-6-22(18)40-28(29,30)31/h3-6,14,17,19-20,24,33H,2,7-11,13,15-16H2,1H3,(H2,34,35,36,37)/t17?,19-,20+,24?,27?. The van der Waals surface area contributed by atoms with Crippen molar-refractivity contribution in [3.05, 3.63) is 41.6 Å². The van der Waals surface area contributed by atoms with Crippen LogP contribution in [0, 0.1) is 34.5 Å². The van der Waals surface area contributed by atoms with Crippen LogP contribution in [-0.2, 0) is 16.1 Å². The Kier molecular flexibility index (Phi) is 8.03.